The molecule has 8 nitrogen and oxygen atoms in total. The van der Waals surface area contributed by atoms with Gasteiger partial charge in [-0.25, -0.2) is 9.37 Å². The van der Waals surface area contributed by atoms with E-state index in [-0.39, 0.29) is 23.0 Å². The Morgan fingerprint density at radius 3 is 2.52 bits per heavy atom. The number of anilines is 4. The van der Waals surface area contributed by atoms with Crippen LogP contribution in [0.1, 0.15) is 44.8 Å². The van der Waals surface area contributed by atoms with E-state index in [0.29, 0.717) is 46.2 Å². The average Bonchev–Trinajstić information content (AvgIpc) is 3.25. The van der Waals surface area contributed by atoms with Crippen molar-refractivity contribution in [1.29, 1.82) is 0 Å². The molecule has 0 radical (unpaired) electrons. The summed E-state index contributed by atoms with van der Waals surface area (Å²) in [6.45, 7) is 5.61. The van der Waals surface area contributed by atoms with Crippen molar-refractivity contribution in [2.24, 2.45) is 5.41 Å². The Morgan fingerprint density at radius 1 is 1.02 bits per heavy atom. The lowest BCUT2D eigenvalue weighted by molar-refractivity contribution is -0.000518. The molecular weight excluding hydrogens is 577 g/mol. The largest absolute Gasteiger partial charge is 0.381 e. The highest BCUT2D eigenvalue weighted by Crippen LogP contribution is 2.45. The Kier molecular flexibility index (Phi) is 7.34. The van der Waals surface area contributed by atoms with E-state index < -0.39 is 0 Å². The van der Waals surface area contributed by atoms with Gasteiger partial charge >= 0.3 is 0 Å². The van der Waals surface area contributed by atoms with E-state index in [0.717, 1.165) is 61.0 Å². The number of thiophene rings is 1. The minimum absolute atomic E-state index is 0.176. The van der Waals surface area contributed by atoms with Gasteiger partial charge in [-0.15, -0.1) is 11.3 Å². The van der Waals surface area contributed by atoms with E-state index in [9.17, 15) is 9.59 Å². The first-order valence-corrected chi connectivity index (χ1v) is 15.8. The van der Waals surface area contributed by atoms with Gasteiger partial charge in [0.25, 0.3) is 11.8 Å². The standard InChI is InChI=1S/C34H34FN5O3S/c1-21-7-12-26(30(37-21)39-19-34(20-39)14-17-43-18-15-34)31(41)38-23-10-8-22(9-11-23)33(42)40-16-13-25-28(35)32(36-2)44-29(25)24-5-3-4-6-27(24)40/h3-12,36H,13-20H2,1-2H3,(H,38,41). The fourth-order valence-electron chi connectivity index (χ4n) is 6.55. The molecule has 5 heterocycles. The fraction of sp³-hybridized carbons (Fsp3) is 0.324. The van der Waals surface area contributed by atoms with Gasteiger partial charge in [0.05, 0.1) is 11.3 Å². The van der Waals surface area contributed by atoms with E-state index in [1.807, 2.05) is 43.3 Å². The quantitative estimate of drug-likeness (QED) is 0.273. The summed E-state index contributed by atoms with van der Waals surface area (Å²) in [6.07, 6.45) is 2.48. The first-order valence-electron chi connectivity index (χ1n) is 15.0. The molecular formula is C34H34FN5O3S. The van der Waals surface area contributed by atoms with Gasteiger partial charge in [-0.2, -0.15) is 0 Å². The van der Waals surface area contributed by atoms with Crippen molar-refractivity contribution in [1.82, 2.24) is 4.98 Å². The minimum Gasteiger partial charge on any atom is -0.381 e. The summed E-state index contributed by atoms with van der Waals surface area (Å²) < 4.78 is 20.7. The maximum absolute atomic E-state index is 15.1. The molecule has 4 aromatic rings. The molecule has 0 saturated carbocycles. The summed E-state index contributed by atoms with van der Waals surface area (Å²) in [5.41, 5.74) is 4.94. The lowest BCUT2D eigenvalue weighted by atomic mass is 9.73. The number of ether oxygens (including phenoxy) is 1. The van der Waals surface area contributed by atoms with Crippen LogP contribution >= 0.6 is 11.3 Å². The number of halogens is 1. The number of amides is 2. The third kappa shape index (κ3) is 5.01. The van der Waals surface area contributed by atoms with Crippen molar-refractivity contribution < 1.29 is 18.7 Å². The fourth-order valence-corrected chi connectivity index (χ4v) is 7.66. The predicted molar refractivity (Wildman–Crippen MR) is 173 cm³/mol. The molecule has 2 saturated heterocycles. The molecule has 44 heavy (non-hydrogen) atoms. The summed E-state index contributed by atoms with van der Waals surface area (Å²) in [6, 6.07) is 18.3. The number of benzene rings is 2. The van der Waals surface area contributed by atoms with E-state index in [1.54, 1.807) is 36.2 Å². The monoisotopic (exact) mass is 611 g/mol. The summed E-state index contributed by atoms with van der Waals surface area (Å²) in [7, 11) is 1.72. The zero-order valence-corrected chi connectivity index (χ0v) is 25.6. The Hall–Kier alpha value is -4.28. The van der Waals surface area contributed by atoms with Gasteiger partial charge < -0.3 is 25.2 Å². The predicted octanol–water partition coefficient (Wildman–Crippen LogP) is 6.37. The van der Waals surface area contributed by atoms with Crippen LogP contribution in [0.3, 0.4) is 0 Å². The lowest BCUT2D eigenvalue weighted by Crippen LogP contribution is -2.59. The van der Waals surface area contributed by atoms with Crippen molar-refractivity contribution >= 4 is 45.3 Å². The molecule has 1 spiro atoms. The topological polar surface area (TPSA) is 86.8 Å². The molecule has 3 aliphatic heterocycles. The maximum Gasteiger partial charge on any atom is 0.259 e. The number of carbonyl (C=O) groups is 2. The molecule has 226 valence electrons. The molecule has 2 aromatic heterocycles. The number of fused-ring (bicyclic) bond motifs is 3. The molecule has 0 bridgehead atoms. The van der Waals surface area contributed by atoms with Crippen molar-refractivity contribution in [2.75, 3.05) is 60.3 Å². The summed E-state index contributed by atoms with van der Waals surface area (Å²) in [4.78, 5) is 36.7. The van der Waals surface area contributed by atoms with Gasteiger partial charge in [0, 0.05) is 78.3 Å². The van der Waals surface area contributed by atoms with Crippen molar-refractivity contribution in [2.45, 2.75) is 26.2 Å². The molecule has 0 atom stereocenters. The van der Waals surface area contributed by atoms with E-state index in [1.165, 1.54) is 11.3 Å². The van der Waals surface area contributed by atoms with Crippen molar-refractivity contribution in [3.63, 3.8) is 0 Å². The van der Waals surface area contributed by atoms with Gasteiger partial charge in [0.15, 0.2) is 5.82 Å². The Bertz CT molecular complexity index is 1740. The van der Waals surface area contributed by atoms with Crippen LogP contribution in [0.2, 0.25) is 0 Å². The number of hydrogen-bond donors (Lipinski definition) is 2. The molecule has 2 amide bonds. The van der Waals surface area contributed by atoms with Crippen molar-refractivity contribution in [3.8, 4) is 10.4 Å². The van der Waals surface area contributed by atoms with Crippen LogP contribution < -0.4 is 20.4 Å². The summed E-state index contributed by atoms with van der Waals surface area (Å²) in [5, 5.41) is 6.44. The summed E-state index contributed by atoms with van der Waals surface area (Å²) >= 11 is 1.37. The average molecular weight is 612 g/mol. The molecule has 2 aromatic carbocycles. The molecule has 3 aliphatic rings. The third-order valence-corrected chi connectivity index (χ3v) is 10.3. The van der Waals surface area contributed by atoms with Crippen LogP contribution in [0, 0.1) is 18.2 Å². The molecule has 0 aliphatic carbocycles. The van der Waals surface area contributed by atoms with Gasteiger partial charge in [-0.3, -0.25) is 9.59 Å². The van der Waals surface area contributed by atoms with Crippen LogP contribution in [-0.4, -0.2) is 56.7 Å². The van der Waals surface area contributed by atoms with Gasteiger partial charge in [-0.05, 0) is 68.7 Å². The van der Waals surface area contributed by atoms with E-state index in [4.69, 9.17) is 9.72 Å². The van der Waals surface area contributed by atoms with Crippen LogP contribution in [0.4, 0.5) is 26.6 Å². The number of nitrogens with zero attached hydrogens (tertiary/aromatic N) is 3. The van der Waals surface area contributed by atoms with Gasteiger partial charge in [-0.1, -0.05) is 18.2 Å². The highest BCUT2D eigenvalue weighted by Gasteiger charge is 2.45. The Balaban J connectivity index is 1.08. The van der Waals surface area contributed by atoms with Crippen LogP contribution in [-0.2, 0) is 11.2 Å². The second-order valence-corrected chi connectivity index (χ2v) is 12.9. The molecule has 2 N–H and O–H groups in total. The number of nitrogens with one attached hydrogen (secondary N) is 2. The number of carbonyl (C=O) groups excluding carboxylic acids is 2. The second kappa shape index (κ2) is 11.3. The van der Waals surface area contributed by atoms with Gasteiger partial charge in [0.2, 0.25) is 0 Å². The number of aromatic nitrogens is 1. The smallest absolute Gasteiger partial charge is 0.259 e. The highest BCUT2D eigenvalue weighted by atomic mass is 32.1. The van der Waals surface area contributed by atoms with Crippen LogP contribution in [0.15, 0.2) is 60.7 Å². The number of aryl methyl sites for hydroxylation is 1. The van der Waals surface area contributed by atoms with Gasteiger partial charge in [0.1, 0.15) is 10.8 Å². The van der Waals surface area contributed by atoms with E-state index >= 15 is 4.39 Å². The number of pyridine rings is 1. The maximum atomic E-state index is 15.1. The normalized spacial score (nSPS) is 16.9. The number of hydrogen-bond acceptors (Lipinski definition) is 7. The minimum atomic E-state index is -0.249. The second-order valence-electron chi connectivity index (χ2n) is 11.9. The first-order chi connectivity index (χ1) is 21.4. The van der Waals surface area contributed by atoms with E-state index in [2.05, 4.69) is 15.5 Å². The zero-order chi connectivity index (χ0) is 30.4. The number of rotatable bonds is 5. The summed E-state index contributed by atoms with van der Waals surface area (Å²) in [5.74, 6) is 0.0403. The highest BCUT2D eigenvalue weighted by molar-refractivity contribution is 7.19. The molecule has 2 fully saturated rings. The Labute approximate surface area is 259 Å². The van der Waals surface area contributed by atoms with Crippen LogP contribution in [0.5, 0.6) is 0 Å². The first kappa shape index (κ1) is 28.5. The molecule has 0 unspecified atom stereocenters. The third-order valence-electron chi connectivity index (χ3n) is 8.99. The SMILES string of the molecule is CNc1sc2c(c1F)CCN(C(=O)c1ccc(NC(=O)c3ccc(C)nc3N3CC4(CCOCC4)C3)cc1)c1ccccc1-2. The lowest BCUT2D eigenvalue weighted by Gasteiger charge is -2.53. The van der Waals surface area contributed by atoms with Crippen molar-refractivity contribution in [3.05, 3.63) is 88.9 Å². The number of para-hydroxylation sites is 1. The molecule has 10 heteroatoms. The Morgan fingerprint density at radius 2 is 1.77 bits per heavy atom. The van der Waals surface area contributed by atoms with Crippen LogP contribution in [0.25, 0.3) is 10.4 Å². The molecule has 7 rings (SSSR count). The zero-order valence-electron chi connectivity index (χ0n) is 24.8.